The molecule has 1 saturated heterocycles. The molecule has 0 aliphatic carbocycles. The third-order valence-electron chi connectivity index (χ3n) is 3.60. The first-order chi connectivity index (χ1) is 11.0. The van der Waals surface area contributed by atoms with Gasteiger partial charge in [0.1, 0.15) is 5.82 Å². The van der Waals surface area contributed by atoms with E-state index < -0.39 is 9.84 Å². The van der Waals surface area contributed by atoms with Crippen molar-refractivity contribution in [3.05, 3.63) is 41.9 Å². The SMILES string of the molecule is Cc1cc(NCc2ccccn2)nc(NC2CCS(=O)(=O)C2)n1. The highest BCUT2D eigenvalue weighted by Crippen LogP contribution is 2.17. The molecular weight excluding hydrogens is 314 g/mol. The van der Waals surface area contributed by atoms with Crippen LogP contribution in [0.5, 0.6) is 0 Å². The van der Waals surface area contributed by atoms with Crippen LogP contribution in [0, 0.1) is 6.92 Å². The number of hydrogen-bond acceptors (Lipinski definition) is 7. The molecule has 2 aromatic heterocycles. The summed E-state index contributed by atoms with van der Waals surface area (Å²) in [4.78, 5) is 13.0. The second-order valence-electron chi connectivity index (χ2n) is 5.64. The third-order valence-corrected chi connectivity index (χ3v) is 5.36. The second kappa shape index (κ2) is 6.49. The molecule has 122 valence electrons. The Balaban J connectivity index is 1.67. The summed E-state index contributed by atoms with van der Waals surface area (Å²) in [5, 5.41) is 6.33. The van der Waals surface area contributed by atoms with Crippen LogP contribution in [0.2, 0.25) is 0 Å². The standard InChI is InChI=1S/C15H19N5O2S/c1-11-8-14(17-9-12-4-2-3-6-16-12)20-15(18-11)19-13-5-7-23(21,22)10-13/h2-4,6,8,13H,5,7,9-10H2,1H3,(H2,17,18,19,20). The number of aryl methyl sites for hydroxylation is 1. The van der Waals surface area contributed by atoms with Gasteiger partial charge in [0.25, 0.3) is 0 Å². The highest BCUT2D eigenvalue weighted by molar-refractivity contribution is 7.91. The van der Waals surface area contributed by atoms with E-state index in [-0.39, 0.29) is 17.5 Å². The zero-order valence-corrected chi connectivity index (χ0v) is 13.7. The van der Waals surface area contributed by atoms with E-state index in [1.165, 1.54) is 0 Å². The van der Waals surface area contributed by atoms with E-state index >= 15 is 0 Å². The molecule has 0 saturated carbocycles. The highest BCUT2D eigenvalue weighted by atomic mass is 32.2. The molecule has 1 aliphatic rings. The van der Waals surface area contributed by atoms with Crippen LogP contribution < -0.4 is 10.6 Å². The van der Waals surface area contributed by atoms with Crippen molar-refractivity contribution in [1.29, 1.82) is 0 Å². The summed E-state index contributed by atoms with van der Waals surface area (Å²) in [5.41, 5.74) is 1.73. The topological polar surface area (TPSA) is 96.9 Å². The summed E-state index contributed by atoms with van der Waals surface area (Å²) < 4.78 is 23.0. The van der Waals surface area contributed by atoms with Gasteiger partial charge in [-0.05, 0) is 25.5 Å². The van der Waals surface area contributed by atoms with Crippen molar-refractivity contribution in [3.63, 3.8) is 0 Å². The number of sulfone groups is 1. The number of hydrogen-bond donors (Lipinski definition) is 2. The molecule has 0 amide bonds. The largest absolute Gasteiger partial charge is 0.364 e. The van der Waals surface area contributed by atoms with Crippen LogP contribution in [0.25, 0.3) is 0 Å². The smallest absolute Gasteiger partial charge is 0.225 e. The van der Waals surface area contributed by atoms with Gasteiger partial charge in [0.15, 0.2) is 9.84 Å². The van der Waals surface area contributed by atoms with Crippen molar-refractivity contribution in [1.82, 2.24) is 15.0 Å². The minimum absolute atomic E-state index is 0.120. The Morgan fingerprint density at radius 1 is 1.30 bits per heavy atom. The molecule has 8 heteroatoms. The second-order valence-corrected chi connectivity index (χ2v) is 7.87. The molecule has 1 fully saturated rings. The van der Waals surface area contributed by atoms with Gasteiger partial charge in [-0.1, -0.05) is 6.07 Å². The van der Waals surface area contributed by atoms with E-state index in [1.807, 2.05) is 31.2 Å². The molecular formula is C15H19N5O2S. The van der Waals surface area contributed by atoms with Crippen molar-refractivity contribution < 1.29 is 8.42 Å². The summed E-state index contributed by atoms with van der Waals surface area (Å²) in [7, 11) is -2.92. The van der Waals surface area contributed by atoms with E-state index in [0.29, 0.717) is 24.7 Å². The van der Waals surface area contributed by atoms with Crippen LogP contribution in [-0.2, 0) is 16.4 Å². The molecule has 2 N–H and O–H groups in total. The molecule has 0 radical (unpaired) electrons. The fourth-order valence-electron chi connectivity index (χ4n) is 2.50. The number of nitrogens with one attached hydrogen (secondary N) is 2. The number of rotatable bonds is 5. The predicted molar refractivity (Wildman–Crippen MR) is 89.0 cm³/mol. The Morgan fingerprint density at radius 3 is 2.87 bits per heavy atom. The predicted octanol–water partition coefficient (Wildman–Crippen LogP) is 1.39. The Morgan fingerprint density at radius 2 is 2.17 bits per heavy atom. The van der Waals surface area contributed by atoms with Gasteiger partial charge < -0.3 is 10.6 Å². The minimum Gasteiger partial charge on any atom is -0.364 e. The van der Waals surface area contributed by atoms with Gasteiger partial charge >= 0.3 is 0 Å². The molecule has 23 heavy (non-hydrogen) atoms. The fraction of sp³-hybridized carbons (Fsp3) is 0.400. The molecule has 1 unspecified atom stereocenters. The molecule has 1 atom stereocenters. The van der Waals surface area contributed by atoms with Gasteiger partial charge in [-0.3, -0.25) is 4.98 Å². The van der Waals surface area contributed by atoms with Crippen molar-refractivity contribution in [2.24, 2.45) is 0 Å². The summed E-state index contributed by atoms with van der Waals surface area (Å²) in [6, 6.07) is 7.47. The maximum atomic E-state index is 11.5. The lowest BCUT2D eigenvalue weighted by molar-refractivity contribution is 0.602. The molecule has 3 rings (SSSR count). The summed E-state index contributed by atoms with van der Waals surface area (Å²) in [6.45, 7) is 2.44. The first kappa shape index (κ1) is 15.7. The van der Waals surface area contributed by atoms with Crippen LogP contribution in [0.15, 0.2) is 30.5 Å². The number of anilines is 2. The van der Waals surface area contributed by atoms with Crippen molar-refractivity contribution in [3.8, 4) is 0 Å². The summed E-state index contributed by atoms with van der Waals surface area (Å²) in [5.74, 6) is 1.50. The van der Waals surface area contributed by atoms with Gasteiger partial charge in [-0.15, -0.1) is 0 Å². The van der Waals surface area contributed by atoms with E-state index in [2.05, 4.69) is 25.6 Å². The van der Waals surface area contributed by atoms with Crippen LogP contribution >= 0.6 is 0 Å². The number of pyridine rings is 1. The van der Waals surface area contributed by atoms with Gasteiger partial charge in [-0.25, -0.2) is 13.4 Å². The normalized spacial score (nSPS) is 19.4. The zero-order valence-electron chi connectivity index (χ0n) is 12.9. The van der Waals surface area contributed by atoms with Gasteiger partial charge in [-0.2, -0.15) is 4.98 Å². The van der Waals surface area contributed by atoms with Crippen LogP contribution in [0.1, 0.15) is 17.8 Å². The maximum absolute atomic E-state index is 11.5. The Bertz CT molecular complexity index is 780. The van der Waals surface area contributed by atoms with Crippen LogP contribution in [0.3, 0.4) is 0 Å². The Labute approximate surface area is 135 Å². The molecule has 0 aromatic carbocycles. The average Bonchev–Trinajstić information content (AvgIpc) is 2.84. The zero-order chi connectivity index (χ0) is 16.3. The summed E-state index contributed by atoms with van der Waals surface area (Å²) in [6.07, 6.45) is 2.34. The summed E-state index contributed by atoms with van der Waals surface area (Å²) >= 11 is 0. The lowest BCUT2D eigenvalue weighted by Gasteiger charge is -2.13. The van der Waals surface area contributed by atoms with Crippen molar-refractivity contribution in [2.75, 3.05) is 22.1 Å². The first-order valence-electron chi connectivity index (χ1n) is 7.47. The first-order valence-corrected chi connectivity index (χ1v) is 9.29. The van der Waals surface area contributed by atoms with E-state index in [4.69, 9.17) is 0 Å². The molecule has 7 nitrogen and oxygen atoms in total. The average molecular weight is 333 g/mol. The lowest BCUT2D eigenvalue weighted by atomic mass is 10.3. The van der Waals surface area contributed by atoms with Crippen molar-refractivity contribution in [2.45, 2.75) is 25.9 Å². The highest BCUT2D eigenvalue weighted by Gasteiger charge is 2.28. The minimum atomic E-state index is -2.92. The van der Waals surface area contributed by atoms with E-state index in [1.54, 1.807) is 6.20 Å². The molecule has 0 bridgehead atoms. The third kappa shape index (κ3) is 4.38. The van der Waals surface area contributed by atoms with Crippen LogP contribution in [0.4, 0.5) is 11.8 Å². The molecule has 3 heterocycles. The fourth-order valence-corrected chi connectivity index (χ4v) is 4.17. The van der Waals surface area contributed by atoms with Crippen molar-refractivity contribution >= 4 is 21.6 Å². The maximum Gasteiger partial charge on any atom is 0.225 e. The Kier molecular flexibility index (Phi) is 4.42. The van der Waals surface area contributed by atoms with Gasteiger partial charge in [0.05, 0.1) is 23.7 Å². The van der Waals surface area contributed by atoms with Gasteiger partial charge in [0, 0.05) is 24.0 Å². The number of nitrogens with zero attached hydrogens (tertiary/aromatic N) is 3. The monoisotopic (exact) mass is 333 g/mol. The quantitative estimate of drug-likeness (QED) is 0.853. The lowest BCUT2D eigenvalue weighted by Crippen LogP contribution is -2.22. The molecule has 2 aromatic rings. The van der Waals surface area contributed by atoms with Crippen LogP contribution in [-0.4, -0.2) is 40.9 Å². The Hall–Kier alpha value is -2.22. The molecule has 1 aliphatic heterocycles. The van der Waals surface area contributed by atoms with Gasteiger partial charge in [0.2, 0.25) is 5.95 Å². The van der Waals surface area contributed by atoms with E-state index in [0.717, 1.165) is 11.4 Å². The van der Waals surface area contributed by atoms with E-state index in [9.17, 15) is 8.42 Å². The number of aromatic nitrogens is 3. The molecule has 0 spiro atoms.